The molecule has 1 fully saturated rings. The van der Waals surface area contributed by atoms with Crippen molar-refractivity contribution in [3.05, 3.63) is 53.9 Å². The maximum absolute atomic E-state index is 5.62. The van der Waals surface area contributed by atoms with Gasteiger partial charge in [-0.05, 0) is 55.8 Å². The van der Waals surface area contributed by atoms with Crippen LogP contribution < -0.4 is 9.47 Å². The molecule has 0 radical (unpaired) electrons. The number of ether oxygens (including phenoxy) is 2. The molecule has 1 saturated heterocycles. The average Bonchev–Trinajstić information content (AvgIpc) is 3.16. The van der Waals surface area contributed by atoms with E-state index in [1.807, 2.05) is 30.6 Å². The van der Waals surface area contributed by atoms with E-state index in [0.29, 0.717) is 6.04 Å². The SMILES string of the molecule is CCN1CCC[C@H]1CN(Cc1ccncc1)Cc1c(OC)cccc1OC. The smallest absolute Gasteiger partial charge is 0.127 e. The second kappa shape index (κ2) is 9.72. The van der Waals surface area contributed by atoms with Crippen LogP contribution in [0.5, 0.6) is 11.5 Å². The van der Waals surface area contributed by atoms with Gasteiger partial charge in [0.05, 0.1) is 19.8 Å². The molecule has 0 unspecified atom stereocenters. The first kappa shape index (κ1) is 19.6. The molecule has 3 rings (SSSR count). The molecule has 0 bridgehead atoms. The average molecular weight is 370 g/mol. The highest BCUT2D eigenvalue weighted by atomic mass is 16.5. The molecule has 0 aliphatic carbocycles. The van der Waals surface area contributed by atoms with Crippen LogP contribution in [0.15, 0.2) is 42.7 Å². The predicted molar refractivity (Wildman–Crippen MR) is 108 cm³/mol. The monoisotopic (exact) mass is 369 g/mol. The van der Waals surface area contributed by atoms with Crippen molar-refractivity contribution in [2.24, 2.45) is 0 Å². The summed E-state index contributed by atoms with van der Waals surface area (Å²) < 4.78 is 11.2. The molecule has 0 amide bonds. The summed E-state index contributed by atoms with van der Waals surface area (Å²) >= 11 is 0. The molecule has 2 aromatic rings. The van der Waals surface area contributed by atoms with Crippen LogP contribution in [0.25, 0.3) is 0 Å². The number of hydrogen-bond acceptors (Lipinski definition) is 5. The maximum Gasteiger partial charge on any atom is 0.127 e. The van der Waals surface area contributed by atoms with E-state index in [1.165, 1.54) is 24.9 Å². The van der Waals surface area contributed by atoms with Crippen molar-refractivity contribution >= 4 is 0 Å². The van der Waals surface area contributed by atoms with Crippen molar-refractivity contribution in [2.75, 3.05) is 33.9 Å². The van der Waals surface area contributed by atoms with E-state index < -0.39 is 0 Å². The van der Waals surface area contributed by atoms with E-state index in [1.54, 1.807) is 14.2 Å². The minimum Gasteiger partial charge on any atom is -0.496 e. The van der Waals surface area contributed by atoms with Gasteiger partial charge >= 0.3 is 0 Å². The highest BCUT2D eigenvalue weighted by Crippen LogP contribution is 2.30. The summed E-state index contributed by atoms with van der Waals surface area (Å²) in [6.45, 7) is 7.31. The molecule has 0 spiro atoms. The van der Waals surface area contributed by atoms with Gasteiger partial charge in [-0.3, -0.25) is 14.8 Å². The topological polar surface area (TPSA) is 37.8 Å². The summed E-state index contributed by atoms with van der Waals surface area (Å²) in [6, 6.07) is 10.8. The van der Waals surface area contributed by atoms with Gasteiger partial charge in [-0.1, -0.05) is 13.0 Å². The van der Waals surface area contributed by atoms with Crippen molar-refractivity contribution < 1.29 is 9.47 Å². The van der Waals surface area contributed by atoms with Crippen LogP contribution in [0.2, 0.25) is 0 Å². The molecule has 1 aliphatic rings. The van der Waals surface area contributed by atoms with E-state index in [4.69, 9.17) is 9.47 Å². The molecule has 2 heterocycles. The Morgan fingerprint density at radius 2 is 1.78 bits per heavy atom. The standard InChI is InChI=1S/C22H31N3O2/c1-4-25-14-6-7-19(25)16-24(15-18-10-12-23-13-11-18)17-20-21(26-2)8-5-9-22(20)27-3/h5,8-13,19H,4,6-7,14-17H2,1-3H3/t19-/m0/s1. The van der Waals surface area contributed by atoms with Crippen LogP contribution in [-0.4, -0.2) is 54.7 Å². The van der Waals surface area contributed by atoms with Crippen LogP contribution in [0.3, 0.4) is 0 Å². The Morgan fingerprint density at radius 3 is 2.41 bits per heavy atom. The molecule has 0 saturated carbocycles. The minimum atomic E-state index is 0.609. The molecule has 5 heteroatoms. The Balaban J connectivity index is 1.83. The van der Waals surface area contributed by atoms with Crippen LogP contribution >= 0.6 is 0 Å². The summed E-state index contributed by atoms with van der Waals surface area (Å²) in [5, 5.41) is 0. The van der Waals surface area contributed by atoms with Crippen LogP contribution in [0, 0.1) is 0 Å². The molecule has 1 aliphatic heterocycles. The lowest BCUT2D eigenvalue weighted by atomic mass is 10.1. The van der Waals surface area contributed by atoms with E-state index >= 15 is 0 Å². The lowest BCUT2D eigenvalue weighted by Gasteiger charge is -2.31. The van der Waals surface area contributed by atoms with Crippen molar-refractivity contribution in [3.63, 3.8) is 0 Å². The number of methoxy groups -OCH3 is 2. The van der Waals surface area contributed by atoms with E-state index in [-0.39, 0.29) is 0 Å². The summed E-state index contributed by atoms with van der Waals surface area (Å²) in [5.41, 5.74) is 2.39. The second-order valence-electron chi connectivity index (χ2n) is 7.09. The number of pyridine rings is 1. The van der Waals surface area contributed by atoms with Gasteiger partial charge in [0.1, 0.15) is 11.5 Å². The molecular weight excluding hydrogens is 338 g/mol. The highest BCUT2D eigenvalue weighted by molar-refractivity contribution is 5.44. The Labute approximate surface area is 162 Å². The first-order valence-corrected chi connectivity index (χ1v) is 9.80. The number of aromatic nitrogens is 1. The summed E-state index contributed by atoms with van der Waals surface area (Å²) in [5.74, 6) is 1.76. The quantitative estimate of drug-likeness (QED) is 0.675. The van der Waals surface area contributed by atoms with E-state index in [2.05, 4.69) is 33.8 Å². The first-order valence-electron chi connectivity index (χ1n) is 9.80. The zero-order valence-corrected chi connectivity index (χ0v) is 16.7. The zero-order chi connectivity index (χ0) is 19.1. The second-order valence-corrected chi connectivity index (χ2v) is 7.09. The Morgan fingerprint density at radius 1 is 1.07 bits per heavy atom. The molecule has 1 aromatic heterocycles. The van der Waals surface area contributed by atoms with Crippen molar-refractivity contribution in [1.82, 2.24) is 14.8 Å². The maximum atomic E-state index is 5.62. The van der Waals surface area contributed by atoms with Crippen LogP contribution in [0.1, 0.15) is 30.9 Å². The van der Waals surface area contributed by atoms with Gasteiger partial charge in [0.25, 0.3) is 0 Å². The normalized spacial score (nSPS) is 17.4. The number of likely N-dealkylation sites (N-methyl/N-ethyl adjacent to an activating group) is 1. The fourth-order valence-corrected chi connectivity index (χ4v) is 4.06. The predicted octanol–water partition coefficient (Wildman–Crippen LogP) is 3.59. The highest BCUT2D eigenvalue weighted by Gasteiger charge is 2.26. The molecule has 146 valence electrons. The van der Waals surface area contributed by atoms with Crippen molar-refractivity contribution in [1.29, 1.82) is 0 Å². The number of likely N-dealkylation sites (tertiary alicyclic amines) is 1. The largest absolute Gasteiger partial charge is 0.496 e. The zero-order valence-electron chi connectivity index (χ0n) is 16.7. The Kier molecular flexibility index (Phi) is 7.07. The van der Waals surface area contributed by atoms with Crippen LogP contribution in [-0.2, 0) is 13.1 Å². The number of nitrogens with zero attached hydrogens (tertiary/aromatic N) is 3. The molecule has 5 nitrogen and oxygen atoms in total. The molecular formula is C22H31N3O2. The fraction of sp³-hybridized carbons (Fsp3) is 0.500. The Bertz CT molecular complexity index is 686. The number of benzene rings is 1. The van der Waals surface area contributed by atoms with Gasteiger partial charge in [-0.25, -0.2) is 0 Å². The third kappa shape index (κ3) is 4.99. The summed E-state index contributed by atoms with van der Waals surface area (Å²) in [6.07, 6.45) is 6.29. The molecule has 1 atom stereocenters. The minimum absolute atomic E-state index is 0.609. The van der Waals surface area contributed by atoms with E-state index in [0.717, 1.165) is 43.2 Å². The van der Waals surface area contributed by atoms with Gasteiger partial charge in [-0.2, -0.15) is 0 Å². The van der Waals surface area contributed by atoms with Crippen molar-refractivity contribution in [3.8, 4) is 11.5 Å². The molecule has 27 heavy (non-hydrogen) atoms. The van der Waals surface area contributed by atoms with Gasteiger partial charge in [0, 0.05) is 38.1 Å². The number of hydrogen-bond donors (Lipinski definition) is 0. The van der Waals surface area contributed by atoms with Gasteiger partial charge in [0.2, 0.25) is 0 Å². The van der Waals surface area contributed by atoms with Gasteiger partial charge in [-0.15, -0.1) is 0 Å². The van der Waals surface area contributed by atoms with Crippen LogP contribution in [0.4, 0.5) is 0 Å². The molecule has 0 N–H and O–H groups in total. The third-order valence-corrected chi connectivity index (χ3v) is 5.44. The van der Waals surface area contributed by atoms with Gasteiger partial charge in [0.15, 0.2) is 0 Å². The fourth-order valence-electron chi connectivity index (χ4n) is 4.06. The first-order chi connectivity index (χ1) is 13.2. The lowest BCUT2D eigenvalue weighted by molar-refractivity contribution is 0.163. The van der Waals surface area contributed by atoms with Crippen molar-refractivity contribution in [2.45, 2.75) is 38.9 Å². The molecule has 1 aromatic carbocycles. The lowest BCUT2D eigenvalue weighted by Crippen LogP contribution is -2.39. The summed E-state index contributed by atoms with van der Waals surface area (Å²) in [4.78, 5) is 9.26. The van der Waals surface area contributed by atoms with E-state index in [9.17, 15) is 0 Å². The van der Waals surface area contributed by atoms with Gasteiger partial charge < -0.3 is 9.47 Å². The summed E-state index contributed by atoms with van der Waals surface area (Å²) in [7, 11) is 3.45. The number of rotatable bonds is 9. The Hall–Kier alpha value is -2.11. The third-order valence-electron chi connectivity index (χ3n) is 5.44.